The van der Waals surface area contributed by atoms with Gasteiger partial charge in [0.1, 0.15) is 0 Å². The minimum Gasteiger partial charge on any atom is -0.394 e. The fraction of sp³-hybridized carbons (Fsp3) is 0.500. The van der Waals surface area contributed by atoms with Gasteiger partial charge in [-0.1, -0.05) is 6.58 Å². The van der Waals surface area contributed by atoms with E-state index in [1.54, 1.807) is 7.11 Å². The minimum absolute atomic E-state index is 0.122. The Hall–Kier alpha value is -0.870. The first-order valence-electron chi connectivity index (χ1n) is 2.70. The summed E-state index contributed by atoms with van der Waals surface area (Å²) in [4.78, 5) is 9.47. The van der Waals surface area contributed by atoms with Gasteiger partial charge >= 0.3 is 0 Å². The third-order valence-electron chi connectivity index (χ3n) is 0.497. The number of aliphatic hydroxyl groups is 1. The number of carbonyl (C=O) groups excluding carboxylic acids is 1. The maximum atomic E-state index is 9.47. The van der Waals surface area contributed by atoms with E-state index >= 15 is 0 Å². The summed E-state index contributed by atoms with van der Waals surface area (Å²) in [5.41, 5.74) is 4.53. The van der Waals surface area contributed by atoms with Gasteiger partial charge in [-0.05, 0) is 6.08 Å². The summed E-state index contributed by atoms with van der Waals surface area (Å²) in [6.07, 6.45) is 1.06. The molecule has 0 aliphatic rings. The van der Waals surface area contributed by atoms with Crippen LogP contribution < -0.4 is 5.73 Å². The Morgan fingerprint density at radius 3 is 2.30 bits per heavy atom. The highest BCUT2D eigenvalue weighted by molar-refractivity contribution is 5.84. The quantitative estimate of drug-likeness (QED) is 0.517. The molecule has 0 bridgehead atoms. The second-order valence-electron chi connectivity index (χ2n) is 1.32. The Morgan fingerprint density at radius 1 is 1.90 bits per heavy atom. The van der Waals surface area contributed by atoms with Crippen molar-refractivity contribution >= 4 is 5.91 Å². The van der Waals surface area contributed by atoms with Crippen LogP contribution in [0, 0.1) is 0 Å². The highest BCUT2D eigenvalue weighted by Crippen LogP contribution is 1.56. The second kappa shape index (κ2) is 11.0. The Bertz CT molecular complexity index is 91.0. The number of hydrogen-bond acceptors (Lipinski definition) is 3. The van der Waals surface area contributed by atoms with Crippen LogP contribution in [0.15, 0.2) is 12.7 Å². The third-order valence-corrected chi connectivity index (χ3v) is 0.497. The fourth-order valence-electron chi connectivity index (χ4n) is 0.0913. The first-order chi connectivity index (χ1) is 4.68. The number of methoxy groups -OCH3 is 1. The van der Waals surface area contributed by atoms with Crippen molar-refractivity contribution in [2.75, 3.05) is 20.3 Å². The second-order valence-corrected chi connectivity index (χ2v) is 1.32. The van der Waals surface area contributed by atoms with Crippen molar-refractivity contribution in [3.63, 3.8) is 0 Å². The number of nitrogens with two attached hydrogens (primary N) is 1. The van der Waals surface area contributed by atoms with E-state index < -0.39 is 5.91 Å². The predicted octanol–water partition coefficient (Wildman–Crippen LogP) is -0.717. The highest BCUT2D eigenvalue weighted by atomic mass is 16.5. The SMILES string of the molecule is C=CC(N)=O.COCCO. The lowest BCUT2D eigenvalue weighted by atomic mass is 10.6. The predicted molar refractivity (Wildman–Crippen MR) is 38.4 cm³/mol. The summed E-state index contributed by atoms with van der Waals surface area (Å²) >= 11 is 0. The molecule has 0 heterocycles. The number of carbonyl (C=O) groups is 1. The zero-order valence-electron chi connectivity index (χ0n) is 6.04. The van der Waals surface area contributed by atoms with Gasteiger partial charge in [0.25, 0.3) is 0 Å². The van der Waals surface area contributed by atoms with Crippen LogP contribution in [0.3, 0.4) is 0 Å². The maximum Gasteiger partial charge on any atom is 0.240 e. The summed E-state index contributed by atoms with van der Waals surface area (Å²) < 4.78 is 4.44. The molecule has 4 nitrogen and oxygen atoms in total. The van der Waals surface area contributed by atoms with Crippen LogP contribution >= 0.6 is 0 Å². The standard InChI is InChI=1S/C3H5NO.C3H8O2/c1-2-3(4)5;1-5-3-2-4/h2H,1H2,(H2,4,5);4H,2-3H2,1H3. The van der Waals surface area contributed by atoms with Crippen molar-refractivity contribution in [3.05, 3.63) is 12.7 Å². The molecule has 1 amide bonds. The lowest BCUT2D eigenvalue weighted by molar-refractivity contribution is -0.113. The number of amides is 1. The van der Waals surface area contributed by atoms with E-state index in [9.17, 15) is 4.79 Å². The highest BCUT2D eigenvalue weighted by Gasteiger charge is 1.69. The molecule has 0 atom stereocenters. The summed E-state index contributed by atoms with van der Waals surface area (Å²) in [6, 6.07) is 0. The average molecular weight is 147 g/mol. The first-order valence-corrected chi connectivity index (χ1v) is 2.70. The Labute approximate surface area is 60.3 Å². The molecule has 0 aromatic rings. The summed E-state index contributed by atoms with van der Waals surface area (Å²) in [5.74, 6) is -0.481. The van der Waals surface area contributed by atoms with Crippen LogP contribution in [-0.2, 0) is 9.53 Å². The molecule has 10 heavy (non-hydrogen) atoms. The van der Waals surface area contributed by atoms with Crippen molar-refractivity contribution in [1.82, 2.24) is 0 Å². The van der Waals surface area contributed by atoms with E-state index in [1.165, 1.54) is 0 Å². The Kier molecular flexibility index (Phi) is 13.1. The molecule has 0 radical (unpaired) electrons. The first kappa shape index (κ1) is 11.9. The fourth-order valence-corrected chi connectivity index (χ4v) is 0.0913. The van der Waals surface area contributed by atoms with Crippen molar-refractivity contribution in [2.24, 2.45) is 5.73 Å². The lowest BCUT2D eigenvalue weighted by Gasteiger charge is -1.84. The molecule has 0 aliphatic carbocycles. The molecule has 0 spiro atoms. The lowest BCUT2D eigenvalue weighted by Crippen LogP contribution is -2.04. The molecule has 0 rings (SSSR count). The van der Waals surface area contributed by atoms with Gasteiger partial charge in [0.05, 0.1) is 13.2 Å². The van der Waals surface area contributed by atoms with Gasteiger partial charge in [-0.2, -0.15) is 0 Å². The molecule has 3 N–H and O–H groups in total. The molecule has 0 aliphatic heterocycles. The van der Waals surface area contributed by atoms with Crippen LogP contribution in [0.2, 0.25) is 0 Å². The van der Waals surface area contributed by atoms with E-state index in [0.717, 1.165) is 6.08 Å². The smallest absolute Gasteiger partial charge is 0.240 e. The molecule has 0 fully saturated rings. The van der Waals surface area contributed by atoms with E-state index in [4.69, 9.17) is 5.11 Å². The molecule has 0 aromatic carbocycles. The van der Waals surface area contributed by atoms with E-state index in [-0.39, 0.29) is 6.61 Å². The normalized spacial score (nSPS) is 7.40. The zero-order valence-corrected chi connectivity index (χ0v) is 6.04. The van der Waals surface area contributed by atoms with Gasteiger partial charge < -0.3 is 15.6 Å². The monoisotopic (exact) mass is 147 g/mol. The van der Waals surface area contributed by atoms with Gasteiger partial charge in [-0.15, -0.1) is 0 Å². The summed E-state index contributed by atoms with van der Waals surface area (Å²) in [7, 11) is 1.55. The van der Waals surface area contributed by atoms with Crippen LogP contribution in [-0.4, -0.2) is 31.3 Å². The number of hydrogen-bond donors (Lipinski definition) is 2. The number of primary amides is 1. The van der Waals surface area contributed by atoms with Gasteiger partial charge in [0.2, 0.25) is 5.91 Å². The number of ether oxygens (including phenoxy) is 1. The molecular weight excluding hydrogens is 134 g/mol. The van der Waals surface area contributed by atoms with E-state index in [2.05, 4.69) is 17.0 Å². The van der Waals surface area contributed by atoms with Crippen LogP contribution in [0.5, 0.6) is 0 Å². The molecule has 4 heteroatoms. The van der Waals surface area contributed by atoms with Crippen molar-refractivity contribution in [3.8, 4) is 0 Å². The number of aliphatic hydroxyl groups excluding tert-OH is 1. The summed E-state index contributed by atoms with van der Waals surface area (Å²) in [5, 5.41) is 7.94. The molecule has 0 aromatic heterocycles. The molecule has 0 saturated heterocycles. The third kappa shape index (κ3) is 27.3. The van der Waals surface area contributed by atoms with Gasteiger partial charge in [0.15, 0.2) is 0 Å². The van der Waals surface area contributed by atoms with Crippen molar-refractivity contribution in [2.45, 2.75) is 0 Å². The van der Waals surface area contributed by atoms with Gasteiger partial charge in [-0.25, -0.2) is 0 Å². The largest absolute Gasteiger partial charge is 0.394 e. The van der Waals surface area contributed by atoms with Crippen LogP contribution in [0.25, 0.3) is 0 Å². The molecule has 0 unspecified atom stereocenters. The van der Waals surface area contributed by atoms with Gasteiger partial charge in [0, 0.05) is 7.11 Å². The van der Waals surface area contributed by atoms with Crippen molar-refractivity contribution in [1.29, 1.82) is 0 Å². The molecule has 0 saturated carbocycles. The van der Waals surface area contributed by atoms with Gasteiger partial charge in [-0.3, -0.25) is 4.79 Å². The molecular formula is C6H13NO3. The zero-order chi connectivity index (χ0) is 8.41. The Balaban J connectivity index is 0. The minimum atomic E-state index is -0.481. The Morgan fingerprint density at radius 2 is 2.30 bits per heavy atom. The van der Waals surface area contributed by atoms with Crippen molar-refractivity contribution < 1.29 is 14.6 Å². The van der Waals surface area contributed by atoms with E-state index in [0.29, 0.717) is 6.61 Å². The average Bonchev–Trinajstić information content (AvgIpc) is 1.91. The topological polar surface area (TPSA) is 72.6 Å². The number of rotatable bonds is 3. The van der Waals surface area contributed by atoms with Crippen LogP contribution in [0.1, 0.15) is 0 Å². The summed E-state index contributed by atoms with van der Waals surface area (Å²) in [6.45, 7) is 3.65. The maximum absolute atomic E-state index is 9.47. The molecule has 60 valence electrons. The van der Waals surface area contributed by atoms with Crippen LogP contribution in [0.4, 0.5) is 0 Å². The van der Waals surface area contributed by atoms with E-state index in [1.807, 2.05) is 0 Å².